The van der Waals surface area contributed by atoms with Crippen LogP contribution in [0.5, 0.6) is 5.75 Å². The Morgan fingerprint density at radius 3 is 2.73 bits per heavy atom. The first kappa shape index (κ1) is 9.97. The number of phenolic OH excluding ortho intramolecular Hbond substituents is 1. The Morgan fingerprint density at radius 2 is 2.13 bits per heavy atom. The number of hydrogen-bond donors (Lipinski definition) is 2. The molecule has 1 aromatic heterocycles. The van der Waals surface area contributed by atoms with Crippen molar-refractivity contribution in [2.75, 3.05) is 5.73 Å². The zero-order valence-electron chi connectivity index (χ0n) is 7.37. The third kappa shape index (κ3) is 1.80. The number of anilines is 1. The van der Waals surface area contributed by atoms with Gasteiger partial charge in [0.25, 0.3) is 0 Å². The molecule has 6 heteroatoms. The summed E-state index contributed by atoms with van der Waals surface area (Å²) in [4.78, 5) is 0. The van der Waals surface area contributed by atoms with Crippen LogP contribution >= 0.6 is 15.9 Å². The third-order valence-corrected chi connectivity index (χ3v) is 2.28. The second-order valence-electron chi connectivity index (χ2n) is 2.90. The summed E-state index contributed by atoms with van der Waals surface area (Å²) in [5, 5.41) is 12.9. The average molecular weight is 273 g/mol. The van der Waals surface area contributed by atoms with E-state index >= 15 is 0 Å². The summed E-state index contributed by atoms with van der Waals surface area (Å²) in [6.45, 7) is 0. The van der Waals surface area contributed by atoms with E-state index in [1.165, 1.54) is 12.1 Å². The number of hydrogen-bond acceptors (Lipinski definition) is 4. The molecule has 0 fully saturated rings. The molecule has 15 heavy (non-hydrogen) atoms. The van der Waals surface area contributed by atoms with Crippen molar-refractivity contribution in [2.45, 2.75) is 0 Å². The highest BCUT2D eigenvalue weighted by Gasteiger charge is 2.14. The first-order valence-corrected chi connectivity index (χ1v) is 4.78. The normalized spacial score (nSPS) is 10.5. The van der Waals surface area contributed by atoms with Crippen LogP contribution in [0, 0.1) is 5.82 Å². The molecule has 0 radical (unpaired) electrons. The van der Waals surface area contributed by atoms with Gasteiger partial charge in [0, 0.05) is 10.5 Å². The van der Waals surface area contributed by atoms with Gasteiger partial charge in [-0.25, -0.2) is 4.39 Å². The minimum absolute atomic E-state index is 0.171. The maximum absolute atomic E-state index is 13.2. The Labute approximate surface area is 92.6 Å². The Morgan fingerprint density at radius 1 is 1.40 bits per heavy atom. The number of halogens is 2. The number of aromatic hydroxyl groups is 1. The van der Waals surface area contributed by atoms with E-state index in [1.807, 2.05) is 0 Å². The molecule has 0 spiro atoms. The van der Waals surface area contributed by atoms with E-state index < -0.39 is 11.6 Å². The molecule has 2 aromatic rings. The van der Waals surface area contributed by atoms with Gasteiger partial charge in [-0.05, 0) is 12.1 Å². The molecule has 2 rings (SSSR count). The summed E-state index contributed by atoms with van der Waals surface area (Å²) >= 11 is 3.11. The maximum Gasteiger partial charge on any atom is 0.172 e. The van der Waals surface area contributed by atoms with E-state index in [9.17, 15) is 9.50 Å². The molecule has 1 aromatic carbocycles. The van der Waals surface area contributed by atoms with Crippen molar-refractivity contribution >= 4 is 21.7 Å². The summed E-state index contributed by atoms with van der Waals surface area (Å²) in [5.74, 6) is -0.848. The van der Waals surface area contributed by atoms with Gasteiger partial charge in [0.2, 0.25) is 0 Å². The second-order valence-corrected chi connectivity index (χ2v) is 3.82. The van der Waals surface area contributed by atoms with Crippen LogP contribution in [0.25, 0.3) is 11.3 Å². The molecular formula is C9H6BrFN2O2. The lowest BCUT2D eigenvalue weighted by molar-refractivity contribution is 0.416. The molecule has 0 amide bonds. The van der Waals surface area contributed by atoms with Crippen LogP contribution in [0.2, 0.25) is 0 Å². The van der Waals surface area contributed by atoms with Crippen molar-refractivity contribution in [2.24, 2.45) is 0 Å². The van der Waals surface area contributed by atoms with Crippen molar-refractivity contribution in [3.05, 3.63) is 28.5 Å². The number of nitrogens with two attached hydrogens (primary N) is 1. The van der Waals surface area contributed by atoms with Crippen molar-refractivity contribution in [1.82, 2.24) is 5.16 Å². The van der Waals surface area contributed by atoms with Gasteiger partial charge in [0.1, 0.15) is 0 Å². The first-order chi connectivity index (χ1) is 7.08. The topological polar surface area (TPSA) is 72.3 Å². The maximum atomic E-state index is 13.2. The Bertz CT molecular complexity index is 513. The molecule has 78 valence electrons. The molecule has 0 aliphatic rings. The Hall–Kier alpha value is -1.56. The van der Waals surface area contributed by atoms with Crippen molar-refractivity contribution in [1.29, 1.82) is 0 Å². The fourth-order valence-corrected chi connectivity index (χ4v) is 1.60. The van der Waals surface area contributed by atoms with E-state index in [-0.39, 0.29) is 17.1 Å². The molecule has 4 nitrogen and oxygen atoms in total. The Balaban J connectivity index is 2.62. The van der Waals surface area contributed by atoms with Gasteiger partial charge in [-0.15, -0.1) is 0 Å². The van der Waals surface area contributed by atoms with E-state index in [4.69, 9.17) is 10.3 Å². The summed E-state index contributed by atoms with van der Waals surface area (Å²) in [5.41, 5.74) is 5.55. The largest absolute Gasteiger partial charge is 0.504 e. The highest BCUT2D eigenvalue weighted by molar-refractivity contribution is 9.10. The summed E-state index contributed by atoms with van der Waals surface area (Å²) in [6, 6.07) is 4.07. The van der Waals surface area contributed by atoms with Crippen molar-refractivity contribution in [3.63, 3.8) is 0 Å². The standard InChI is InChI=1S/C9H6BrFN2O2/c10-4-1-5(9(14)6(11)2-4)7-3-8(12)13-15-7/h1-3,14H,(H2,12,13). The zero-order valence-corrected chi connectivity index (χ0v) is 8.95. The van der Waals surface area contributed by atoms with E-state index in [0.717, 1.165) is 6.07 Å². The lowest BCUT2D eigenvalue weighted by atomic mass is 10.1. The van der Waals surface area contributed by atoms with Crippen molar-refractivity contribution < 1.29 is 14.0 Å². The van der Waals surface area contributed by atoms with E-state index in [0.29, 0.717) is 4.47 Å². The zero-order chi connectivity index (χ0) is 11.0. The van der Waals surface area contributed by atoms with Crippen LogP contribution in [-0.2, 0) is 0 Å². The second kappa shape index (κ2) is 3.54. The van der Waals surface area contributed by atoms with Crippen LogP contribution in [0.1, 0.15) is 0 Å². The highest BCUT2D eigenvalue weighted by atomic mass is 79.9. The van der Waals surface area contributed by atoms with E-state index in [1.54, 1.807) is 0 Å². The molecule has 0 bridgehead atoms. The van der Waals surface area contributed by atoms with Crippen LogP contribution < -0.4 is 5.73 Å². The summed E-state index contributed by atoms with van der Waals surface area (Å²) in [6.07, 6.45) is 0. The summed E-state index contributed by atoms with van der Waals surface area (Å²) in [7, 11) is 0. The van der Waals surface area contributed by atoms with Gasteiger partial charge in [-0.2, -0.15) is 0 Å². The molecule has 0 saturated carbocycles. The molecule has 0 unspecified atom stereocenters. The third-order valence-electron chi connectivity index (χ3n) is 1.82. The predicted molar refractivity (Wildman–Crippen MR) is 55.7 cm³/mol. The number of phenols is 1. The van der Waals surface area contributed by atoms with Gasteiger partial charge in [0.05, 0.1) is 5.56 Å². The molecule has 3 N–H and O–H groups in total. The predicted octanol–water partition coefficient (Wildman–Crippen LogP) is 2.53. The lowest BCUT2D eigenvalue weighted by Gasteiger charge is -2.02. The summed E-state index contributed by atoms with van der Waals surface area (Å²) < 4.78 is 18.5. The molecule has 1 heterocycles. The fraction of sp³-hybridized carbons (Fsp3) is 0. The number of benzene rings is 1. The number of rotatable bonds is 1. The highest BCUT2D eigenvalue weighted by Crippen LogP contribution is 2.34. The van der Waals surface area contributed by atoms with Crippen LogP contribution in [-0.4, -0.2) is 10.3 Å². The molecule has 0 aliphatic heterocycles. The monoisotopic (exact) mass is 272 g/mol. The SMILES string of the molecule is Nc1cc(-c2cc(Br)cc(F)c2O)on1. The number of nitrogen functional groups attached to an aromatic ring is 1. The van der Waals surface area contributed by atoms with Gasteiger partial charge in [-0.3, -0.25) is 0 Å². The average Bonchev–Trinajstić information content (AvgIpc) is 2.58. The molecule has 0 atom stereocenters. The van der Waals surface area contributed by atoms with E-state index in [2.05, 4.69) is 21.1 Å². The first-order valence-electron chi connectivity index (χ1n) is 3.98. The van der Waals surface area contributed by atoms with Crippen LogP contribution in [0.15, 0.2) is 27.2 Å². The van der Waals surface area contributed by atoms with Crippen LogP contribution in [0.4, 0.5) is 10.2 Å². The molecule has 0 saturated heterocycles. The minimum Gasteiger partial charge on any atom is -0.504 e. The minimum atomic E-state index is -0.741. The van der Waals surface area contributed by atoms with Crippen LogP contribution in [0.3, 0.4) is 0 Å². The molecule has 0 aliphatic carbocycles. The lowest BCUT2D eigenvalue weighted by Crippen LogP contribution is -1.83. The smallest absolute Gasteiger partial charge is 0.172 e. The molecular weight excluding hydrogens is 267 g/mol. The van der Waals surface area contributed by atoms with Gasteiger partial charge >= 0.3 is 0 Å². The number of aromatic nitrogens is 1. The van der Waals surface area contributed by atoms with Gasteiger partial charge in [0.15, 0.2) is 23.1 Å². The Kier molecular flexibility index (Phi) is 2.36. The fourth-order valence-electron chi connectivity index (χ4n) is 1.17. The van der Waals surface area contributed by atoms with Gasteiger partial charge < -0.3 is 15.4 Å². The quantitative estimate of drug-likeness (QED) is 0.837. The van der Waals surface area contributed by atoms with Gasteiger partial charge in [-0.1, -0.05) is 21.1 Å². The van der Waals surface area contributed by atoms with Crippen molar-refractivity contribution in [3.8, 4) is 17.1 Å². The number of nitrogens with zero attached hydrogens (tertiary/aromatic N) is 1.